The van der Waals surface area contributed by atoms with Gasteiger partial charge in [-0.15, -0.1) is 0 Å². The van der Waals surface area contributed by atoms with E-state index in [0.717, 1.165) is 16.2 Å². The van der Waals surface area contributed by atoms with E-state index in [-0.39, 0.29) is 11.5 Å². The van der Waals surface area contributed by atoms with E-state index in [1.807, 2.05) is 18.2 Å². The van der Waals surface area contributed by atoms with E-state index >= 15 is 0 Å². The lowest BCUT2D eigenvalue weighted by atomic mass is 9.90. The highest BCUT2D eigenvalue weighted by Gasteiger charge is 2.26. The van der Waals surface area contributed by atoms with Crippen LogP contribution in [-0.4, -0.2) is 10.2 Å². The van der Waals surface area contributed by atoms with Crippen molar-refractivity contribution in [2.75, 3.05) is 0 Å². The van der Waals surface area contributed by atoms with E-state index in [9.17, 15) is 10.2 Å². The fourth-order valence-corrected chi connectivity index (χ4v) is 4.38. The monoisotopic (exact) mass is 308 g/mol. The fourth-order valence-electron chi connectivity index (χ4n) is 4.38. The van der Waals surface area contributed by atoms with E-state index in [1.54, 1.807) is 0 Å². The van der Waals surface area contributed by atoms with Crippen LogP contribution in [-0.2, 0) is 0 Å². The van der Waals surface area contributed by atoms with E-state index < -0.39 is 0 Å². The Bertz CT molecular complexity index is 1310. The average molecular weight is 308 g/mol. The van der Waals surface area contributed by atoms with Crippen LogP contribution in [0, 0.1) is 0 Å². The van der Waals surface area contributed by atoms with E-state index in [0.29, 0.717) is 10.8 Å². The summed E-state index contributed by atoms with van der Waals surface area (Å²) >= 11 is 0. The van der Waals surface area contributed by atoms with Crippen LogP contribution in [0.3, 0.4) is 0 Å². The minimum absolute atomic E-state index is 0.0327. The summed E-state index contributed by atoms with van der Waals surface area (Å²) in [4.78, 5) is 0. The minimum Gasteiger partial charge on any atom is -0.504 e. The summed E-state index contributed by atoms with van der Waals surface area (Å²) in [5.74, 6) is -0.0682. The van der Waals surface area contributed by atoms with Gasteiger partial charge < -0.3 is 10.2 Å². The molecule has 2 nitrogen and oxygen atoms in total. The van der Waals surface area contributed by atoms with Crippen molar-refractivity contribution < 1.29 is 10.2 Å². The first kappa shape index (κ1) is 12.2. The highest BCUT2D eigenvalue weighted by Crippen LogP contribution is 2.54. The minimum atomic E-state index is -0.0355. The molecular weight excluding hydrogens is 296 g/mol. The lowest BCUT2D eigenvalue weighted by Gasteiger charge is -2.15. The molecule has 0 amide bonds. The molecule has 0 unspecified atom stereocenters. The molecule has 0 aromatic heterocycles. The summed E-state index contributed by atoms with van der Waals surface area (Å²) in [6.45, 7) is 0. The van der Waals surface area contributed by atoms with Gasteiger partial charge in [-0.3, -0.25) is 0 Å². The SMILES string of the molecule is Oc1c(O)c2ccc3c4c(cc5cccc1c5c24)-c1ccccc1-3. The largest absolute Gasteiger partial charge is 0.504 e. The number of fused-ring (bicyclic) bond motifs is 3. The summed E-state index contributed by atoms with van der Waals surface area (Å²) in [6.07, 6.45) is 0. The molecule has 0 bridgehead atoms. The lowest BCUT2D eigenvalue weighted by Crippen LogP contribution is -1.87. The zero-order valence-corrected chi connectivity index (χ0v) is 12.7. The Morgan fingerprint density at radius 2 is 1.21 bits per heavy atom. The Kier molecular flexibility index (Phi) is 1.93. The quantitative estimate of drug-likeness (QED) is 0.281. The van der Waals surface area contributed by atoms with Gasteiger partial charge in [0.05, 0.1) is 0 Å². The number of rotatable bonds is 0. The molecule has 0 saturated carbocycles. The number of phenolic OH excluding ortho intramolecular Hbond substituents is 2. The van der Waals surface area contributed by atoms with Crippen LogP contribution in [0.1, 0.15) is 0 Å². The maximum Gasteiger partial charge on any atom is 0.166 e. The molecule has 0 fully saturated rings. The van der Waals surface area contributed by atoms with Gasteiger partial charge in [0.15, 0.2) is 11.5 Å². The molecule has 5 aromatic carbocycles. The summed E-state index contributed by atoms with van der Waals surface area (Å²) in [7, 11) is 0. The first-order valence-electron chi connectivity index (χ1n) is 8.01. The third-order valence-corrected chi connectivity index (χ3v) is 5.36. The Morgan fingerprint density at radius 3 is 2.00 bits per heavy atom. The van der Waals surface area contributed by atoms with E-state index in [1.165, 1.54) is 27.6 Å². The summed E-state index contributed by atoms with van der Waals surface area (Å²) in [6, 6.07) is 20.5. The fraction of sp³-hybridized carbons (Fsp3) is 0. The average Bonchev–Trinajstić information content (AvgIpc) is 2.95. The van der Waals surface area contributed by atoms with Crippen LogP contribution in [0.2, 0.25) is 0 Å². The Morgan fingerprint density at radius 1 is 0.500 bits per heavy atom. The normalized spacial score (nSPS) is 12.5. The first-order valence-corrected chi connectivity index (χ1v) is 8.01. The first-order chi connectivity index (χ1) is 11.8. The number of aromatic hydroxyl groups is 2. The van der Waals surface area contributed by atoms with Gasteiger partial charge in [-0.1, -0.05) is 48.5 Å². The van der Waals surface area contributed by atoms with Crippen molar-refractivity contribution in [3.63, 3.8) is 0 Å². The Balaban J connectivity index is 2.03. The third-order valence-electron chi connectivity index (χ3n) is 5.36. The number of hydrogen-bond donors (Lipinski definition) is 2. The highest BCUT2D eigenvalue weighted by molar-refractivity contribution is 6.33. The van der Waals surface area contributed by atoms with Crippen LogP contribution in [0.4, 0.5) is 0 Å². The molecule has 2 heteroatoms. The van der Waals surface area contributed by atoms with Crippen molar-refractivity contribution in [3.05, 3.63) is 60.7 Å². The molecule has 0 radical (unpaired) electrons. The second kappa shape index (κ2) is 3.80. The standard InChI is InChI=1S/C22H12O2/c23-21-15-7-3-4-11-10-17-13-6-2-1-5-12(13)14-8-9-16(22(21)24)20(18(11)15)19(14)17/h1-10,23-24H. The highest BCUT2D eigenvalue weighted by atomic mass is 16.3. The number of benzene rings is 5. The number of hydrogen-bond acceptors (Lipinski definition) is 2. The molecule has 0 atom stereocenters. The molecule has 112 valence electrons. The lowest BCUT2D eigenvalue weighted by molar-refractivity contribution is 0.412. The number of phenols is 2. The molecule has 0 spiro atoms. The van der Waals surface area contributed by atoms with Crippen molar-refractivity contribution in [3.8, 4) is 33.8 Å². The maximum atomic E-state index is 10.5. The molecule has 5 aromatic rings. The van der Waals surface area contributed by atoms with Gasteiger partial charge in [-0.05, 0) is 45.2 Å². The van der Waals surface area contributed by atoms with Gasteiger partial charge >= 0.3 is 0 Å². The van der Waals surface area contributed by atoms with Crippen LogP contribution in [0.5, 0.6) is 11.5 Å². The van der Waals surface area contributed by atoms with Crippen molar-refractivity contribution in [1.82, 2.24) is 0 Å². The molecule has 1 aliphatic carbocycles. The van der Waals surface area contributed by atoms with Gasteiger partial charge in [0.1, 0.15) is 0 Å². The smallest absolute Gasteiger partial charge is 0.166 e. The van der Waals surface area contributed by atoms with Gasteiger partial charge in [0, 0.05) is 21.5 Å². The molecule has 0 saturated heterocycles. The van der Waals surface area contributed by atoms with Crippen molar-refractivity contribution in [2.24, 2.45) is 0 Å². The van der Waals surface area contributed by atoms with Crippen LogP contribution in [0.25, 0.3) is 54.6 Å². The summed E-state index contributed by atoms with van der Waals surface area (Å²) in [5, 5.41) is 26.7. The molecule has 0 aliphatic heterocycles. The van der Waals surface area contributed by atoms with Crippen molar-refractivity contribution >= 4 is 32.3 Å². The van der Waals surface area contributed by atoms with Crippen LogP contribution in [0.15, 0.2) is 60.7 Å². The second-order valence-electron chi connectivity index (χ2n) is 6.48. The summed E-state index contributed by atoms with van der Waals surface area (Å²) < 4.78 is 0. The van der Waals surface area contributed by atoms with Gasteiger partial charge in [0.2, 0.25) is 0 Å². The Hall–Kier alpha value is -3.26. The maximum absolute atomic E-state index is 10.5. The predicted octanol–water partition coefficient (Wildman–Crippen LogP) is 5.64. The third kappa shape index (κ3) is 1.18. The van der Waals surface area contributed by atoms with E-state index in [2.05, 4.69) is 42.5 Å². The zero-order valence-electron chi connectivity index (χ0n) is 12.7. The van der Waals surface area contributed by atoms with Gasteiger partial charge in [-0.25, -0.2) is 0 Å². The van der Waals surface area contributed by atoms with Gasteiger partial charge in [0.25, 0.3) is 0 Å². The predicted molar refractivity (Wildman–Crippen MR) is 97.9 cm³/mol. The molecule has 6 rings (SSSR count). The topological polar surface area (TPSA) is 40.5 Å². The van der Waals surface area contributed by atoms with Crippen molar-refractivity contribution in [2.45, 2.75) is 0 Å². The van der Waals surface area contributed by atoms with Crippen LogP contribution < -0.4 is 0 Å². The molecule has 24 heavy (non-hydrogen) atoms. The van der Waals surface area contributed by atoms with Crippen molar-refractivity contribution in [1.29, 1.82) is 0 Å². The van der Waals surface area contributed by atoms with Gasteiger partial charge in [-0.2, -0.15) is 0 Å². The summed E-state index contributed by atoms with van der Waals surface area (Å²) in [5.41, 5.74) is 4.87. The van der Waals surface area contributed by atoms with E-state index in [4.69, 9.17) is 0 Å². The zero-order chi connectivity index (χ0) is 16.0. The van der Waals surface area contributed by atoms with Crippen LogP contribution >= 0.6 is 0 Å². The molecule has 0 heterocycles. The molecular formula is C22H12O2. The molecule has 1 aliphatic rings. The second-order valence-corrected chi connectivity index (χ2v) is 6.48. The molecule has 2 N–H and O–H groups in total. The Labute approximate surface area is 137 Å².